The molecule has 1 heterocycles. The first kappa shape index (κ1) is 12.2. The Bertz CT molecular complexity index is 437. The van der Waals surface area contributed by atoms with Gasteiger partial charge in [0, 0.05) is 25.2 Å². The molecule has 2 fully saturated rings. The molecule has 2 aliphatic rings. The number of nitrogens with zero attached hydrogens (tertiary/aromatic N) is 1. The molecule has 1 aromatic rings. The fraction of sp³-hybridized carbons (Fsp3) is 0.625. The second-order valence-corrected chi connectivity index (χ2v) is 6.22. The zero-order valence-corrected chi connectivity index (χ0v) is 11.5. The number of rotatable bonds is 2. The first-order valence-electron chi connectivity index (χ1n) is 7.20. The van der Waals surface area contributed by atoms with Crippen molar-refractivity contribution >= 4 is 0 Å². The molecule has 0 amide bonds. The van der Waals surface area contributed by atoms with Crippen molar-refractivity contribution < 1.29 is 0 Å². The lowest BCUT2D eigenvalue weighted by atomic mass is 9.87. The van der Waals surface area contributed by atoms with Crippen molar-refractivity contribution in [2.45, 2.75) is 51.1 Å². The highest BCUT2D eigenvalue weighted by Gasteiger charge is 2.35. The quantitative estimate of drug-likeness (QED) is 0.866. The van der Waals surface area contributed by atoms with Crippen LogP contribution in [0.3, 0.4) is 0 Å². The van der Waals surface area contributed by atoms with Gasteiger partial charge in [-0.3, -0.25) is 4.90 Å². The molecule has 0 radical (unpaired) electrons. The molecule has 1 aliphatic carbocycles. The molecule has 2 unspecified atom stereocenters. The Morgan fingerprint density at radius 1 is 1.11 bits per heavy atom. The number of benzene rings is 1. The number of aryl methyl sites for hydroxylation is 2. The van der Waals surface area contributed by atoms with E-state index in [1.807, 2.05) is 0 Å². The monoisotopic (exact) mass is 244 g/mol. The number of nitrogens with two attached hydrogens (primary N) is 1. The molecule has 0 spiro atoms. The van der Waals surface area contributed by atoms with E-state index in [4.69, 9.17) is 5.73 Å². The van der Waals surface area contributed by atoms with Gasteiger partial charge in [0.2, 0.25) is 0 Å². The van der Waals surface area contributed by atoms with E-state index >= 15 is 0 Å². The van der Waals surface area contributed by atoms with Gasteiger partial charge in [-0.25, -0.2) is 0 Å². The maximum Gasteiger partial charge on any atom is 0.0174 e. The Hall–Kier alpha value is -0.860. The first-order chi connectivity index (χ1) is 8.63. The topological polar surface area (TPSA) is 29.3 Å². The van der Waals surface area contributed by atoms with Crippen molar-refractivity contribution in [3.63, 3.8) is 0 Å². The second kappa shape index (κ2) is 4.67. The first-order valence-corrected chi connectivity index (χ1v) is 7.20. The summed E-state index contributed by atoms with van der Waals surface area (Å²) >= 11 is 0. The number of piperidine rings is 1. The van der Waals surface area contributed by atoms with Crippen molar-refractivity contribution in [1.82, 2.24) is 4.90 Å². The molecule has 2 atom stereocenters. The van der Waals surface area contributed by atoms with Gasteiger partial charge < -0.3 is 5.73 Å². The van der Waals surface area contributed by atoms with Gasteiger partial charge in [0.05, 0.1) is 0 Å². The summed E-state index contributed by atoms with van der Waals surface area (Å²) in [6.07, 6.45) is 3.91. The molecule has 2 nitrogen and oxygen atoms in total. The molecular formula is C16H24N2. The third-order valence-corrected chi connectivity index (χ3v) is 4.58. The van der Waals surface area contributed by atoms with Gasteiger partial charge in [-0.05, 0) is 55.7 Å². The Kier molecular flexibility index (Phi) is 3.16. The Balaban J connectivity index is 1.79. The van der Waals surface area contributed by atoms with Gasteiger partial charge >= 0.3 is 0 Å². The minimum Gasteiger partial charge on any atom is -0.327 e. The van der Waals surface area contributed by atoms with Gasteiger partial charge in [0.15, 0.2) is 0 Å². The van der Waals surface area contributed by atoms with E-state index in [9.17, 15) is 0 Å². The average molecular weight is 244 g/mol. The highest BCUT2D eigenvalue weighted by molar-refractivity contribution is 5.32. The fourth-order valence-electron chi connectivity index (χ4n) is 3.17. The minimum absolute atomic E-state index is 0.353. The van der Waals surface area contributed by atoms with Crippen LogP contribution in [0.25, 0.3) is 0 Å². The van der Waals surface area contributed by atoms with E-state index in [0.717, 1.165) is 19.0 Å². The van der Waals surface area contributed by atoms with Gasteiger partial charge in [-0.15, -0.1) is 0 Å². The number of hydrogen-bond donors (Lipinski definition) is 1. The van der Waals surface area contributed by atoms with Crippen LogP contribution in [0.1, 0.15) is 41.9 Å². The van der Waals surface area contributed by atoms with Crippen LogP contribution in [0.4, 0.5) is 0 Å². The highest BCUT2D eigenvalue weighted by Crippen LogP contribution is 2.34. The fourth-order valence-corrected chi connectivity index (χ4v) is 3.17. The zero-order chi connectivity index (χ0) is 12.7. The van der Waals surface area contributed by atoms with E-state index in [1.54, 1.807) is 0 Å². The molecule has 0 aromatic heterocycles. The largest absolute Gasteiger partial charge is 0.327 e. The molecule has 1 saturated heterocycles. The zero-order valence-electron chi connectivity index (χ0n) is 11.5. The van der Waals surface area contributed by atoms with E-state index in [1.165, 1.54) is 36.1 Å². The lowest BCUT2D eigenvalue weighted by Gasteiger charge is -2.37. The van der Waals surface area contributed by atoms with E-state index in [2.05, 4.69) is 36.9 Å². The molecular weight excluding hydrogens is 220 g/mol. The van der Waals surface area contributed by atoms with Crippen LogP contribution >= 0.6 is 0 Å². The average Bonchev–Trinajstić information content (AvgIpc) is 3.16. The van der Waals surface area contributed by atoms with Crippen molar-refractivity contribution in [2.75, 3.05) is 13.1 Å². The summed E-state index contributed by atoms with van der Waals surface area (Å²) in [5, 5.41) is 0. The van der Waals surface area contributed by atoms with Crippen molar-refractivity contribution in [2.24, 2.45) is 5.73 Å². The second-order valence-electron chi connectivity index (χ2n) is 6.22. The van der Waals surface area contributed by atoms with E-state index in [0.29, 0.717) is 12.0 Å². The maximum absolute atomic E-state index is 6.24. The standard InChI is InChI=1S/C16H24N2/c1-11-3-4-13(7-12(11)2)14-8-15(17)10-18(9-14)16-5-6-16/h3-4,7,14-16H,5-6,8-10,17H2,1-2H3. The Morgan fingerprint density at radius 2 is 1.89 bits per heavy atom. The van der Waals surface area contributed by atoms with E-state index in [-0.39, 0.29) is 0 Å². The lowest BCUT2D eigenvalue weighted by Crippen LogP contribution is -2.47. The number of likely N-dealkylation sites (tertiary alicyclic amines) is 1. The summed E-state index contributed by atoms with van der Waals surface area (Å²) in [4.78, 5) is 2.62. The van der Waals surface area contributed by atoms with Crippen LogP contribution in [0.2, 0.25) is 0 Å². The van der Waals surface area contributed by atoms with Gasteiger partial charge in [0.25, 0.3) is 0 Å². The van der Waals surface area contributed by atoms with Crippen LogP contribution < -0.4 is 5.73 Å². The third-order valence-electron chi connectivity index (χ3n) is 4.58. The molecule has 0 bridgehead atoms. The van der Waals surface area contributed by atoms with Crippen LogP contribution in [0.5, 0.6) is 0 Å². The minimum atomic E-state index is 0.353. The predicted molar refractivity (Wildman–Crippen MR) is 75.8 cm³/mol. The van der Waals surface area contributed by atoms with Crippen LogP contribution in [0.15, 0.2) is 18.2 Å². The summed E-state index contributed by atoms with van der Waals surface area (Å²) in [5.74, 6) is 0.633. The van der Waals surface area contributed by atoms with Crippen LogP contribution in [-0.4, -0.2) is 30.1 Å². The van der Waals surface area contributed by atoms with Gasteiger partial charge in [-0.2, -0.15) is 0 Å². The summed E-state index contributed by atoms with van der Waals surface area (Å²) in [6.45, 7) is 6.70. The molecule has 2 heteroatoms. The third kappa shape index (κ3) is 2.45. The number of hydrogen-bond acceptors (Lipinski definition) is 2. The van der Waals surface area contributed by atoms with Gasteiger partial charge in [-0.1, -0.05) is 18.2 Å². The summed E-state index contributed by atoms with van der Waals surface area (Å²) in [6, 6.07) is 8.11. The predicted octanol–water partition coefficient (Wildman–Crippen LogP) is 2.58. The summed E-state index contributed by atoms with van der Waals surface area (Å²) in [5.41, 5.74) is 10.5. The Labute approximate surface area is 110 Å². The SMILES string of the molecule is Cc1ccc(C2CC(N)CN(C3CC3)C2)cc1C. The maximum atomic E-state index is 6.24. The van der Waals surface area contributed by atoms with Crippen LogP contribution in [-0.2, 0) is 0 Å². The van der Waals surface area contributed by atoms with Gasteiger partial charge in [0.1, 0.15) is 0 Å². The highest BCUT2D eigenvalue weighted by atomic mass is 15.2. The van der Waals surface area contributed by atoms with Crippen molar-refractivity contribution in [3.05, 3.63) is 34.9 Å². The smallest absolute Gasteiger partial charge is 0.0174 e. The lowest BCUT2D eigenvalue weighted by molar-refractivity contribution is 0.180. The summed E-state index contributed by atoms with van der Waals surface area (Å²) < 4.78 is 0. The molecule has 1 aromatic carbocycles. The molecule has 1 saturated carbocycles. The molecule has 98 valence electrons. The normalized spacial score (nSPS) is 29.5. The molecule has 18 heavy (non-hydrogen) atoms. The molecule has 2 N–H and O–H groups in total. The van der Waals surface area contributed by atoms with E-state index < -0.39 is 0 Å². The Morgan fingerprint density at radius 3 is 2.56 bits per heavy atom. The molecule has 1 aliphatic heterocycles. The van der Waals surface area contributed by atoms with Crippen molar-refractivity contribution in [1.29, 1.82) is 0 Å². The van der Waals surface area contributed by atoms with Crippen LogP contribution in [0, 0.1) is 13.8 Å². The summed E-state index contributed by atoms with van der Waals surface area (Å²) in [7, 11) is 0. The van der Waals surface area contributed by atoms with Crippen molar-refractivity contribution in [3.8, 4) is 0 Å². The molecule has 3 rings (SSSR count).